The quantitative estimate of drug-likeness (QED) is 0.496. The van der Waals surface area contributed by atoms with Gasteiger partial charge in [0.1, 0.15) is 0 Å². The standard InChI is InChI=1S/C8H12N2O3/c11-2-1-10-3-5-6(4-10)8(13)9-7(5)12/h5-6,11H,1-4H2,(H,9,12,13)/t5-,6+. The van der Waals surface area contributed by atoms with E-state index in [-0.39, 0.29) is 30.3 Å². The molecule has 5 nitrogen and oxygen atoms in total. The number of imide groups is 1. The van der Waals surface area contributed by atoms with Gasteiger partial charge < -0.3 is 5.11 Å². The molecular formula is C8H12N2O3. The Balaban J connectivity index is 2.04. The maximum absolute atomic E-state index is 11.2. The van der Waals surface area contributed by atoms with Crippen molar-refractivity contribution in [3.05, 3.63) is 0 Å². The van der Waals surface area contributed by atoms with Crippen LogP contribution >= 0.6 is 0 Å². The Morgan fingerprint density at radius 3 is 2.31 bits per heavy atom. The van der Waals surface area contributed by atoms with Crippen LogP contribution in [0.25, 0.3) is 0 Å². The monoisotopic (exact) mass is 184 g/mol. The molecule has 0 aromatic carbocycles. The molecule has 2 heterocycles. The molecule has 0 aromatic heterocycles. The summed E-state index contributed by atoms with van der Waals surface area (Å²) in [5.41, 5.74) is 0. The second kappa shape index (κ2) is 3.08. The molecule has 2 aliphatic rings. The highest BCUT2D eigenvalue weighted by molar-refractivity contribution is 6.05. The normalized spacial score (nSPS) is 33.6. The van der Waals surface area contributed by atoms with Crippen LogP contribution in [0.3, 0.4) is 0 Å². The van der Waals surface area contributed by atoms with E-state index in [4.69, 9.17) is 5.11 Å². The number of nitrogens with one attached hydrogen (secondary N) is 1. The van der Waals surface area contributed by atoms with Gasteiger partial charge in [-0.05, 0) is 0 Å². The Kier molecular flexibility index (Phi) is 2.05. The molecule has 2 rings (SSSR count). The molecule has 13 heavy (non-hydrogen) atoms. The van der Waals surface area contributed by atoms with Crippen molar-refractivity contribution in [1.82, 2.24) is 10.2 Å². The predicted octanol–water partition coefficient (Wildman–Crippen LogP) is -1.82. The van der Waals surface area contributed by atoms with Crippen molar-refractivity contribution in [2.75, 3.05) is 26.2 Å². The minimum absolute atomic E-state index is 0.0786. The highest BCUT2D eigenvalue weighted by Crippen LogP contribution is 2.27. The van der Waals surface area contributed by atoms with E-state index in [0.717, 1.165) is 0 Å². The zero-order valence-electron chi connectivity index (χ0n) is 7.19. The number of amides is 2. The van der Waals surface area contributed by atoms with E-state index in [1.165, 1.54) is 0 Å². The van der Waals surface area contributed by atoms with Gasteiger partial charge in [0, 0.05) is 19.6 Å². The average molecular weight is 184 g/mol. The molecule has 5 heteroatoms. The SMILES string of the molecule is O=C1NC(=O)[C@@H]2CN(CCO)C[C@H]12. The summed E-state index contributed by atoms with van der Waals surface area (Å²) >= 11 is 0. The maximum atomic E-state index is 11.2. The number of carbonyl (C=O) groups is 2. The van der Waals surface area contributed by atoms with E-state index in [2.05, 4.69) is 5.32 Å². The molecule has 2 amide bonds. The smallest absolute Gasteiger partial charge is 0.231 e. The zero-order chi connectivity index (χ0) is 9.42. The van der Waals surface area contributed by atoms with Crippen molar-refractivity contribution in [3.63, 3.8) is 0 Å². The maximum Gasteiger partial charge on any atom is 0.231 e. The molecular weight excluding hydrogens is 172 g/mol. The lowest BCUT2D eigenvalue weighted by Crippen LogP contribution is -2.32. The lowest BCUT2D eigenvalue weighted by molar-refractivity contribution is -0.126. The van der Waals surface area contributed by atoms with E-state index < -0.39 is 0 Å². The largest absolute Gasteiger partial charge is 0.395 e. The first-order valence-electron chi connectivity index (χ1n) is 4.40. The first kappa shape index (κ1) is 8.65. The van der Waals surface area contributed by atoms with Crippen molar-refractivity contribution in [3.8, 4) is 0 Å². The number of hydrogen-bond donors (Lipinski definition) is 2. The van der Waals surface area contributed by atoms with Gasteiger partial charge >= 0.3 is 0 Å². The third kappa shape index (κ3) is 1.34. The molecule has 2 atom stereocenters. The van der Waals surface area contributed by atoms with E-state index in [1.54, 1.807) is 0 Å². The van der Waals surface area contributed by atoms with Gasteiger partial charge in [0.2, 0.25) is 11.8 Å². The Morgan fingerprint density at radius 1 is 1.31 bits per heavy atom. The molecule has 0 bridgehead atoms. The van der Waals surface area contributed by atoms with E-state index in [0.29, 0.717) is 19.6 Å². The third-order valence-corrected chi connectivity index (χ3v) is 2.73. The zero-order valence-corrected chi connectivity index (χ0v) is 7.19. The summed E-state index contributed by atoms with van der Waals surface area (Å²) in [5, 5.41) is 11.0. The summed E-state index contributed by atoms with van der Waals surface area (Å²) in [6, 6.07) is 0. The van der Waals surface area contributed by atoms with E-state index >= 15 is 0 Å². The molecule has 0 spiro atoms. The molecule has 2 N–H and O–H groups in total. The summed E-state index contributed by atoms with van der Waals surface area (Å²) < 4.78 is 0. The molecule has 0 saturated carbocycles. The van der Waals surface area contributed by atoms with Crippen molar-refractivity contribution in [2.24, 2.45) is 11.8 Å². The molecule has 72 valence electrons. The number of aliphatic hydroxyl groups excluding tert-OH is 1. The van der Waals surface area contributed by atoms with Crippen LogP contribution in [-0.4, -0.2) is 48.1 Å². The van der Waals surface area contributed by atoms with Crippen LogP contribution < -0.4 is 5.32 Å². The molecule has 0 aliphatic carbocycles. The Labute approximate surface area is 75.7 Å². The minimum Gasteiger partial charge on any atom is -0.395 e. The van der Waals surface area contributed by atoms with Gasteiger partial charge in [-0.25, -0.2) is 0 Å². The van der Waals surface area contributed by atoms with Crippen LogP contribution in [-0.2, 0) is 9.59 Å². The predicted molar refractivity (Wildman–Crippen MR) is 43.7 cm³/mol. The van der Waals surface area contributed by atoms with Gasteiger partial charge in [-0.1, -0.05) is 0 Å². The van der Waals surface area contributed by atoms with E-state index in [1.807, 2.05) is 4.90 Å². The minimum atomic E-state index is -0.181. The summed E-state index contributed by atoms with van der Waals surface area (Å²) in [5.74, 6) is -0.677. The van der Waals surface area contributed by atoms with Crippen molar-refractivity contribution in [2.45, 2.75) is 0 Å². The second-order valence-electron chi connectivity index (χ2n) is 3.55. The number of likely N-dealkylation sites (tertiary alicyclic amines) is 1. The molecule has 0 aromatic rings. The fourth-order valence-electron chi connectivity index (χ4n) is 2.05. The number of hydrogen-bond acceptors (Lipinski definition) is 4. The molecule has 0 unspecified atom stereocenters. The number of aliphatic hydroxyl groups is 1. The first-order chi connectivity index (χ1) is 6.22. The van der Waals surface area contributed by atoms with Gasteiger partial charge in [-0.2, -0.15) is 0 Å². The Hall–Kier alpha value is -0.940. The number of rotatable bonds is 2. The molecule has 2 saturated heterocycles. The van der Waals surface area contributed by atoms with Gasteiger partial charge in [0.25, 0.3) is 0 Å². The highest BCUT2D eigenvalue weighted by atomic mass is 16.3. The average Bonchev–Trinajstić information content (AvgIpc) is 2.57. The first-order valence-corrected chi connectivity index (χ1v) is 4.40. The fourth-order valence-corrected chi connectivity index (χ4v) is 2.05. The highest BCUT2D eigenvalue weighted by Gasteiger charge is 2.47. The summed E-state index contributed by atoms with van der Waals surface area (Å²) in [7, 11) is 0. The second-order valence-corrected chi connectivity index (χ2v) is 3.55. The Bertz CT molecular complexity index is 232. The van der Waals surface area contributed by atoms with Crippen LogP contribution in [0, 0.1) is 11.8 Å². The van der Waals surface area contributed by atoms with Crippen molar-refractivity contribution < 1.29 is 14.7 Å². The van der Waals surface area contributed by atoms with Crippen LogP contribution in [0.2, 0.25) is 0 Å². The molecule has 0 radical (unpaired) electrons. The number of fused-ring (bicyclic) bond motifs is 1. The lowest BCUT2D eigenvalue weighted by atomic mass is 10.00. The van der Waals surface area contributed by atoms with Gasteiger partial charge in [0.05, 0.1) is 18.4 Å². The van der Waals surface area contributed by atoms with Crippen LogP contribution in [0.5, 0.6) is 0 Å². The Morgan fingerprint density at radius 2 is 1.85 bits per heavy atom. The van der Waals surface area contributed by atoms with Crippen molar-refractivity contribution >= 4 is 11.8 Å². The van der Waals surface area contributed by atoms with Crippen LogP contribution in [0.1, 0.15) is 0 Å². The lowest BCUT2D eigenvalue weighted by Gasteiger charge is -2.13. The van der Waals surface area contributed by atoms with Crippen LogP contribution in [0.15, 0.2) is 0 Å². The fraction of sp³-hybridized carbons (Fsp3) is 0.750. The van der Waals surface area contributed by atoms with Gasteiger partial charge in [-0.15, -0.1) is 0 Å². The van der Waals surface area contributed by atoms with E-state index in [9.17, 15) is 9.59 Å². The molecule has 2 aliphatic heterocycles. The number of carbonyl (C=O) groups excluding carboxylic acids is 2. The summed E-state index contributed by atoms with van der Waals surface area (Å²) in [4.78, 5) is 24.3. The summed E-state index contributed by atoms with van der Waals surface area (Å²) in [6.07, 6.45) is 0. The molecule has 2 fully saturated rings. The van der Waals surface area contributed by atoms with Gasteiger partial charge in [0.15, 0.2) is 0 Å². The third-order valence-electron chi connectivity index (χ3n) is 2.73. The topological polar surface area (TPSA) is 69.6 Å². The van der Waals surface area contributed by atoms with Crippen LogP contribution in [0.4, 0.5) is 0 Å². The number of nitrogens with zero attached hydrogens (tertiary/aromatic N) is 1. The van der Waals surface area contributed by atoms with Gasteiger partial charge in [-0.3, -0.25) is 19.8 Å². The van der Waals surface area contributed by atoms with Crippen molar-refractivity contribution in [1.29, 1.82) is 0 Å². The number of β-amino-alcohol motifs (C(OH)–C–C–N with tert-alkyl or cyclic N) is 1. The summed E-state index contributed by atoms with van der Waals surface area (Å²) in [6.45, 7) is 1.83.